The fraction of sp³-hybridized carbons (Fsp3) is 0.179. The maximum absolute atomic E-state index is 13.9. The summed E-state index contributed by atoms with van der Waals surface area (Å²) >= 11 is 8.08. The Kier molecular flexibility index (Phi) is 6.95. The lowest BCUT2D eigenvalue weighted by atomic mass is 9.84. The van der Waals surface area contributed by atoms with Crippen LogP contribution in [0.25, 0.3) is 0 Å². The predicted molar refractivity (Wildman–Crippen MR) is 153 cm³/mol. The number of aromatic nitrogens is 2. The molecule has 0 bridgehead atoms. The topological polar surface area (TPSA) is 111 Å². The van der Waals surface area contributed by atoms with E-state index in [1.54, 1.807) is 74.1 Å². The van der Waals surface area contributed by atoms with Gasteiger partial charge in [0.05, 0.1) is 23.7 Å². The molecule has 2 aliphatic heterocycles. The lowest BCUT2D eigenvalue weighted by Crippen LogP contribution is -2.33. The molecule has 2 aliphatic rings. The molecule has 40 heavy (non-hydrogen) atoms. The second-order valence-electron chi connectivity index (χ2n) is 9.22. The van der Waals surface area contributed by atoms with Crippen molar-refractivity contribution in [1.29, 1.82) is 0 Å². The number of imide groups is 1. The molecular formula is C28H21ClN4O5S2. The Balaban J connectivity index is 1.38. The molecule has 0 spiro atoms. The van der Waals surface area contributed by atoms with E-state index in [2.05, 4.69) is 10.3 Å². The maximum Gasteiger partial charge on any atom is 0.308 e. The summed E-state index contributed by atoms with van der Waals surface area (Å²) in [5, 5.41) is 3.03. The van der Waals surface area contributed by atoms with E-state index in [-0.39, 0.29) is 23.2 Å². The third-order valence-corrected chi connectivity index (χ3v) is 9.71. The molecule has 12 heteroatoms. The number of hydrogen-bond donors (Lipinski definition) is 1. The monoisotopic (exact) mass is 592 g/mol. The van der Waals surface area contributed by atoms with E-state index in [9.17, 15) is 19.2 Å². The number of ether oxygens (including phenoxy) is 1. The van der Waals surface area contributed by atoms with E-state index in [1.807, 2.05) is 6.07 Å². The van der Waals surface area contributed by atoms with E-state index in [0.29, 0.717) is 32.1 Å². The van der Waals surface area contributed by atoms with Gasteiger partial charge in [0.15, 0.2) is 0 Å². The van der Waals surface area contributed by atoms with E-state index >= 15 is 0 Å². The van der Waals surface area contributed by atoms with Gasteiger partial charge >= 0.3 is 4.87 Å². The minimum atomic E-state index is -0.785. The average molecular weight is 593 g/mol. The van der Waals surface area contributed by atoms with Crippen LogP contribution in [0.4, 0.5) is 11.4 Å². The van der Waals surface area contributed by atoms with Crippen LogP contribution < -0.4 is 19.8 Å². The van der Waals surface area contributed by atoms with Crippen LogP contribution in [0.15, 0.2) is 82.9 Å². The maximum atomic E-state index is 13.9. The predicted octanol–water partition coefficient (Wildman–Crippen LogP) is 4.40. The molecule has 3 atom stereocenters. The summed E-state index contributed by atoms with van der Waals surface area (Å²) in [5.41, 5.74) is 1.70. The molecule has 4 aromatic rings. The highest BCUT2D eigenvalue weighted by molar-refractivity contribution is 8.00. The summed E-state index contributed by atoms with van der Waals surface area (Å²) in [6.45, 7) is -0.248. The summed E-state index contributed by atoms with van der Waals surface area (Å²) < 4.78 is 6.59. The second kappa shape index (κ2) is 10.6. The number of pyridine rings is 1. The lowest BCUT2D eigenvalue weighted by Gasteiger charge is -2.30. The molecule has 0 saturated carbocycles. The minimum Gasteiger partial charge on any atom is -0.497 e. The molecule has 9 nitrogen and oxygen atoms in total. The summed E-state index contributed by atoms with van der Waals surface area (Å²) in [4.78, 5) is 59.5. The third kappa shape index (κ3) is 4.59. The first-order valence-corrected chi connectivity index (χ1v) is 14.3. The van der Waals surface area contributed by atoms with Gasteiger partial charge in [0.1, 0.15) is 17.5 Å². The molecule has 202 valence electrons. The molecule has 0 aliphatic carbocycles. The number of carbonyl (C=O) groups is 3. The van der Waals surface area contributed by atoms with E-state index < -0.39 is 23.0 Å². The SMILES string of the molecule is COc1ccc(N2C(=O)C3Sc4c(sc(=O)n4CC(=O)Nc4ccc(Cl)cc4)C(c4cccnc4)C3C2=O)cc1. The second-order valence-corrected chi connectivity index (χ2v) is 11.8. The number of benzene rings is 2. The van der Waals surface area contributed by atoms with Crippen LogP contribution in [0.2, 0.25) is 5.02 Å². The van der Waals surface area contributed by atoms with Gasteiger partial charge in [-0.1, -0.05) is 40.8 Å². The number of carbonyl (C=O) groups excluding carboxylic acids is 3. The van der Waals surface area contributed by atoms with Gasteiger partial charge in [-0.05, 0) is 60.2 Å². The van der Waals surface area contributed by atoms with Crippen molar-refractivity contribution in [3.05, 3.63) is 98.2 Å². The van der Waals surface area contributed by atoms with Crippen molar-refractivity contribution in [3.8, 4) is 5.75 Å². The number of methoxy groups -OCH3 is 1. The van der Waals surface area contributed by atoms with Crippen molar-refractivity contribution in [1.82, 2.24) is 9.55 Å². The highest BCUT2D eigenvalue weighted by atomic mass is 35.5. The average Bonchev–Trinajstić information content (AvgIpc) is 3.41. The van der Waals surface area contributed by atoms with Crippen LogP contribution in [0.5, 0.6) is 5.75 Å². The number of thioether (sulfide) groups is 1. The normalized spacial score (nSPS) is 19.8. The Morgan fingerprint density at radius 3 is 2.48 bits per heavy atom. The quantitative estimate of drug-likeness (QED) is 0.330. The molecule has 4 heterocycles. The molecule has 3 unspecified atom stereocenters. The highest BCUT2D eigenvalue weighted by Gasteiger charge is 2.56. The fourth-order valence-electron chi connectivity index (χ4n) is 5.04. The van der Waals surface area contributed by atoms with Gasteiger partial charge in [-0.25, -0.2) is 4.90 Å². The standard InChI is InChI=1S/C28H21ClN4O5S2/c1-38-19-10-8-18(9-11-19)33-25(35)22-21(15-3-2-12-30-13-15)24-27(39-23(22)26(33)36)32(28(37)40-24)14-20(34)31-17-6-4-16(29)5-7-17/h2-13,21-23H,14H2,1H3,(H,31,34). The van der Waals surface area contributed by atoms with Gasteiger partial charge < -0.3 is 10.1 Å². The number of hydrogen-bond acceptors (Lipinski definition) is 8. The molecule has 0 radical (unpaired) electrons. The first-order chi connectivity index (χ1) is 19.4. The number of nitrogens with zero attached hydrogens (tertiary/aromatic N) is 3. The zero-order chi connectivity index (χ0) is 28.0. The molecule has 3 amide bonds. The van der Waals surface area contributed by atoms with E-state index in [1.165, 1.54) is 9.47 Å². The van der Waals surface area contributed by atoms with Gasteiger partial charge in [0.2, 0.25) is 17.7 Å². The van der Waals surface area contributed by atoms with Crippen LogP contribution in [-0.4, -0.2) is 39.6 Å². The molecular weight excluding hydrogens is 572 g/mol. The molecule has 1 N–H and O–H groups in total. The summed E-state index contributed by atoms with van der Waals surface area (Å²) in [7, 11) is 1.54. The van der Waals surface area contributed by atoms with Crippen molar-refractivity contribution < 1.29 is 19.1 Å². The summed E-state index contributed by atoms with van der Waals surface area (Å²) in [6.07, 6.45) is 3.27. The van der Waals surface area contributed by atoms with Crippen molar-refractivity contribution >= 4 is 63.8 Å². The smallest absolute Gasteiger partial charge is 0.308 e. The molecule has 1 saturated heterocycles. The number of thiazole rings is 1. The largest absolute Gasteiger partial charge is 0.497 e. The number of fused-ring (bicyclic) bond motifs is 2. The highest BCUT2D eigenvalue weighted by Crippen LogP contribution is 2.53. The Bertz CT molecular complexity index is 1670. The van der Waals surface area contributed by atoms with Gasteiger partial charge in [-0.3, -0.25) is 28.7 Å². The Morgan fingerprint density at radius 1 is 1.05 bits per heavy atom. The molecule has 6 rings (SSSR count). The number of nitrogens with one attached hydrogen (secondary N) is 1. The van der Waals surface area contributed by atoms with E-state index in [4.69, 9.17) is 16.3 Å². The van der Waals surface area contributed by atoms with Crippen LogP contribution in [0.1, 0.15) is 16.4 Å². The molecule has 2 aromatic carbocycles. The first kappa shape index (κ1) is 26.3. The lowest BCUT2D eigenvalue weighted by molar-refractivity contribution is -0.122. The van der Waals surface area contributed by atoms with Crippen LogP contribution in [0.3, 0.4) is 0 Å². The van der Waals surface area contributed by atoms with Gasteiger partial charge in [-0.2, -0.15) is 0 Å². The number of anilines is 2. The Morgan fingerprint density at radius 2 is 1.80 bits per heavy atom. The summed E-state index contributed by atoms with van der Waals surface area (Å²) in [6, 6.07) is 17.0. The molecule has 1 fully saturated rings. The van der Waals surface area contributed by atoms with Gasteiger partial charge in [0, 0.05) is 33.9 Å². The Labute approximate surface area is 241 Å². The van der Waals surface area contributed by atoms with Crippen LogP contribution >= 0.6 is 34.7 Å². The molecule has 2 aromatic heterocycles. The Hall–Kier alpha value is -3.93. The number of rotatable bonds is 6. The van der Waals surface area contributed by atoms with Gasteiger partial charge in [0.25, 0.3) is 0 Å². The zero-order valence-electron chi connectivity index (χ0n) is 20.9. The van der Waals surface area contributed by atoms with Crippen molar-refractivity contribution in [3.63, 3.8) is 0 Å². The van der Waals surface area contributed by atoms with Gasteiger partial charge in [-0.15, -0.1) is 0 Å². The zero-order valence-corrected chi connectivity index (χ0v) is 23.3. The first-order valence-electron chi connectivity index (χ1n) is 12.2. The van der Waals surface area contributed by atoms with Crippen molar-refractivity contribution in [2.75, 3.05) is 17.3 Å². The van der Waals surface area contributed by atoms with Crippen molar-refractivity contribution in [2.24, 2.45) is 5.92 Å². The third-order valence-electron chi connectivity index (χ3n) is 6.85. The van der Waals surface area contributed by atoms with Crippen LogP contribution in [0, 0.1) is 5.92 Å². The number of amides is 3. The van der Waals surface area contributed by atoms with E-state index in [0.717, 1.165) is 28.7 Å². The van der Waals surface area contributed by atoms with Crippen molar-refractivity contribution in [2.45, 2.75) is 22.7 Å². The summed E-state index contributed by atoms with van der Waals surface area (Å²) in [5.74, 6) is -1.84. The minimum absolute atomic E-state index is 0.248. The van der Waals surface area contributed by atoms with Crippen LogP contribution in [-0.2, 0) is 20.9 Å². The fourth-order valence-corrected chi connectivity index (χ4v) is 7.94. The number of halogens is 1.